The Morgan fingerprint density at radius 3 is 2.08 bits per heavy atom. The number of rotatable bonds is 8. The minimum atomic E-state index is -0.542. The molecule has 5 aromatic carbocycles. The summed E-state index contributed by atoms with van der Waals surface area (Å²) < 4.78 is 17.4. The molecule has 0 unspecified atom stereocenters. The van der Waals surface area contributed by atoms with Crippen molar-refractivity contribution in [1.29, 1.82) is 0 Å². The zero-order valence-electron chi connectivity index (χ0n) is 28.3. The topological polar surface area (TPSA) is 78.1 Å². The molecule has 0 aliphatic heterocycles. The number of carbonyl (C=O) groups is 2. The molecule has 1 aromatic heterocycles. The van der Waals surface area contributed by atoms with Crippen molar-refractivity contribution in [3.05, 3.63) is 131 Å². The van der Waals surface area contributed by atoms with Crippen molar-refractivity contribution in [3.63, 3.8) is 0 Å². The Morgan fingerprint density at radius 1 is 0.714 bits per heavy atom. The Balaban J connectivity index is 1.32. The summed E-state index contributed by atoms with van der Waals surface area (Å²) in [4.78, 5) is 32.3. The molecule has 7 rings (SSSR count). The molecule has 49 heavy (non-hydrogen) atoms. The summed E-state index contributed by atoms with van der Waals surface area (Å²) in [5.41, 5.74) is 7.20. The summed E-state index contributed by atoms with van der Waals surface area (Å²) in [7, 11) is 0. The smallest absolute Gasteiger partial charge is 0.338 e. The number of hydrogen-bond acceptors (Lipinski definition) is 6. The highest BCUT2D eigenvalue weighted by Gasteiger charge is 2.28. The second kappa shape index (κ2) is 13.2. The fraction of sp³-hybridized carbons (Fsp3) is 0.233. The van der Waals surface area contributed by atoms with Crippen molar-refractivity contribution in [2.24, 2.45) is 4.99 Å². The third kappa shape index (κ3) is 6.04. The van der Waals surface area contributed by atoms with Crippen LogP contribution in [0.5, 0.6) is 0 Å². The molecule has 0 bridgehead atoms. The molecule has 0 saturated carbocycles. The van der Waals surface area contributed by atoms with Gasteiger partial charge in [0, 0.05) is 10.9 Å². The molecule has 0 radical (unpaired) electrons. The van der Waals surface area contributed by atoms with Gasteiger partial charge >= 0.3 is 11.9 Å². The molecule has 0 spiro atoms. The molecule has 0 atom stereocenters. The van der Waals surface area contributed by atoms with Gasteiger partial charge in [-0.15, -0.1) is 0 Å². The quantitative estimate of drug-likeness (QED) is 0.153. The van der Waals surface area contributed by atoms with E-state index in [1.165, 1.54) is 5.56 Å². The van der Waals surface area contributed by atoms with Gasteiger partial charge < -0.3 is 13.9 Å². The van der Waals surface area contributed by atoms with E-state index in [1.54, 1.807) is 26.0 Å². The van der Waals surface area contributed by atoms with E-state index >= 15 is 0 Å². The lowest BCUT2D eigenvalue weighted by Crippen LogP contribution is -2.20. The van der Waals surface area contributed by atoms with Crippen LogP contribution in [0.3, 0.4) is 0 Å². The molecular weight excluding hydrogens is 610 g/mol. The highest BCUT2D eigenvalue weighted by molar-refractivity contribution is 6.09. The number of benzene rings is 5. The van der Waals surface area contributed by atoms with Crippen molar-refractivity contribution in [2.45, 2.75) is 52.5 Å². The number of nitrogens with zero attached hydrogens (tertiary/aromatic N) is 1. The fourth-order valence-corrected chi connectivity index (χ4v) is 6.97. The number of aryl methyl sites for hydroxylation is 1. The Hall–Kier alpha value is -5.49. The summed E-state index contributed by atoms with van der Waals surface area (Å²) in [5.74, 6) is -0.00810. The van der Waals surface area contributed by atoms with Crippen LogP contribution in [0.25, 0.3) is 44.0 Å². The standard InChI is InChI=1S/C43H39NO5/c1-5-47-41(45)36-26-35(31-17-11-14-27-13-7-8-15-30(27)31)37(42(46)48-6-2)25-34(36)28-21-23-29(24-22-28)43(3,4)44-38-19-12-18-33-32-16-9-10-20-39(32)49-40(33)38/h7-11,13-17,20-26H,5-6,12,18-19H2,1-4H3. The van der Waals surface area contributed by atoms with E-state index in [0.717, 1.165) is 69.2 Å². The van der Waals surface area contributed by atoms with Crippen LogP contribution in [0.15, 0.2) is 113 Å². The van der Waals surface area contributed by atoms with E-state index in [2.05, 4.69) is 26.0 Å². The molecule has 246 valence electrons. The zero-order valence-corrected chi connectivity index (χ0v) is 28.3. The Bertz CT molecular complexity index is 2230. The number of esters is 2. The monoisotopic (exact) mass is 649 g/mol. The number of hydrogen-bond donors (Lipinski definition) is 0. The van der Waals surface area contributed by atoms with Gasteiger partial charge in [0.2, 0.25) is 0 Å². The van der Waals surface area contributed by atoms with Crippen LogP contribution in [0, 0.1) is 0 Å². The number of para-hydroxylation sites is 1. The van der Waals surface area contributed by atoms with Crippen molar-refractivity contribution in [3.8, 4) is 22.3 Å². The predicted octanol–water partition coefficient (Wildman–Crippen LogP) is 10.3. The zero-order chi connectivity index (χ0) is 34.1. The van der Waals surface area contributed by atoms with E-state index in [9.17, 15) is 9.59 Å². The summed E-state index contributed by atoms with van der Waals surface area (Å²) >= 11 is 0. The molecule has 0 saturated heterocycles. The second-order valence-corrected chi connectivity index (χ2v) is 12.9. The van der Waals surface area contributed by atoms with Gasteiger partial charge in [0.1, 0.15) is 5.58 Å². The molecule has 0 fully saturated rings. The Labute approximate surface area is 286 Å². The summed E-state index contributed by atoms with van der Waals surface area (Å²) in [5, 5.41) is 3.17. The minimum Gasteiger partial charge on any atom is -0.462 e. The van der Waals surface area contributed by atoms with Crippen LogP contribution in [0.4, 0.5) is 0 Å². The minimum absolute atomic E-state index is 0.224. The third-order valence-corrected chi connectivity index (χ3v) is 9.35. The maximum absolute atomic E-state index is 13.5. The van der Waals surface area contributed by atoms with E-state index in [1.807, 2.05) is 78.9 Å². The van der Waals surface area contributed by atoms with Crippen LogP contribution in [0.2, 0.25) is 0 Å². The van der Waals surface area contributed by atoms with Gasteiger partial charge in [-0.2, -0.15) is 0 Å². The molecule has 1 heterocycles. The third-order valence-electron chi connectivity index (χ3n) is 9.35. The maximum Gasteiger partial charge on any atom is 0.338 e. The summed E-state index contributed by atoms with van der Waals surface area (Å²) in [6, 6.07) is 33.7. The molecule has 0 N–H and O–H groups in total. The number of ether oxygens (including phenoxy) is 2. The van der Waals surface area contributed by atoms with Crippen LogP contribution in [0.1, 0.15) is 78.1 Å². The lowest BCUT2D eigenvalue weighted by Gasteiger charge is -2.24. The first kappa shape index (κ1) is 32.1. The SMILES string of the molecule is CCOC(=O)c1cc(-c2cccc3ccccc23)c(C(=O)OCC)cc1-c1ccc(C(C)(C)N=C2CCCc3c2oc2ccccc32)cc1. The van der Waals surface area contributed by atoms with Crippen LogP contribution >= 0.6 is 0 Å². The first-order valence-electron chi connectivity index (χ1n) is 17.0. The van der Waals surface area contributed by atoms with E-state index in [-0.39, 0.29) is 13.2 Å². The van der Waals surface area contributed by atoms with Crippen molar-refractivity contribution >= 4 is 39.4 Å². The highest BCUT2D eigenvalue weighted by atomic mass is 16.5. The van der Waals surface area contributed by atoms with Gasteiger partial charge in [0.15, 0.2) is 5.76 Å². The first-order chi connectivity index (χ1) is 23.8. The van der Waals surface area contributed by atoms with Gasteiger partial charge in [-0.3, -0.25) is 4.99 Å². The van der Waals surface area contributed by atoms with Crippen LogP contribution < -0.4 is 0 Å². The van der Waals surface area contributed by atoms with Gasteiger partial charge in [0.25, 0.3) is 0 Å². The fourth-order valence-electron chi connectivity index (χ4n) is 6.97. The normalized spacial score (nSPS) is 13.8. The number of aliphatic imine (C=N–C) groups is 1. The lowest BCUT2D eigenvalue weighted by atomic mass is 9.87. The predicted molar refractivity (Wildman–Crippen MR) is 195 cm³/mol. The van der Waals surface area contributed by atoms with Crippen molar-refractivity contribution in [2.75, 3.05) is 13.2 Å². The maximum atomic E-state index is 13.5. The second-order valence-electron chi connectivity index (χ2n) is 12.9. The summed E-state index contributed by atoms with van der Waals surface area (Å²) in [6.45, 7) is 8.23. The van der Waals surface area contributed by atoms with E-state index in [4.69, 9.17) is 18.9 Å². The van der Waals surface area contributed by atoms with Gasteiger partial charge in [-0.25, -0.2) is 9.59 Å². The number of furan rings is 1. The largest absolute Gasteiger partial charge is 0.462 e. The van der Waals surface area contributed by atoms with Gasteiger partial charge in [-0.05, 0) is 104 Å². The molecule has 6 nitrogen and oxygen atoms in total. The van der Waals surface area contributed by atoms with Crippen LogP contribution in [-0.4, -0.2) is 30.9 Å². The van der Waals surface area contributed by atoms with Crippen LogP contribution in [-0.2, 0) is 21.4 Å². The Morgan fingerprint density at radius 2 is 1.35 bits per heavy atom. The molecule has 6 heteroatoms. The number of carbonyl (C=O) groups excluding carboxylic acids is 2. The van der Waals surface area contributed by atoms with E-state index in [0.29, 0.717) is 22.3 Å². The lowest BCUT2D eigenvalue weighted by molar-refractivity contribution is 0.0513. The van der Waals surface area contributed by atoms with Gasteiger partial charge in [-0.1, -0.05) is 84.9 Å². The molecule has 6 aromatic rings. The first-order valence-corrected chi connectivity index (χ1v) is 17.0. The average Bonchev–Trinajstić information content (AvgIpc) is 3.51. The molecule has 0 amide bonds. The number of fused-ring (bicyclic) bond motifs is 4. The van der Waals surface area contributed by atoms with Crippen molar-refractivity contribution in [1.82, 2.24) is 0 Å². The Kier molecular flexibility index (Phi) is 8.64. The molecule has 1 aliphatic rings. The molecular formula is C43H39NO5. The van der Waals surface area contributed by atoms with Crippen molar-refractivity contribution < 1.29 is 23.5 Å². The summed E-state index contributed by atoms with van der Waals surface area (Å²) in [6.07, 6.45) is 2.87. The van der Waals surface area contributed by atoms with E-state index < -0.39 is 17.5 Å². The van der Waals surface area contributed by atoms with Gasteiger partial charge in [0.05, 0.1) is 35.6 Å². The average molecular weight is 650 g/mol. The molecule has 1 aliphatic carbocycles. The highest BCUT2D eigenvalue weighted by Crippen LogP contribution is 2.39.